The molecule has 4 heteroatoms. The van der Waals surface area contributed by atoms with Gasteiger partial charge in [-0.2, -0.15) is 0 Å². The van der Waals surface area contributed by atoms with Gasteiger partial charge in [0, 0.05) is 17.5 Å². The summed E-state index contributed by atoms with van der Waals surface area (Å²) < 4.78 is 5.56. The molecule has 0 heterocycles. The standard InChI is InChI=1S/C15H23NO3/c1-9-7-10(2)12(13(19-6)11(9)3)15(4,5)8-16-14(17)18/h7,16H,8H2,1-6H3,(H,17,18). The van der Waals surface area contributed by atoms with E-state index in [1.165, 1.54) is 5.56 Å². The molecular weight excluding hydrogens is 242 g/mol. The fourth-order valence-corrected chi connectivity index (χ4v) is 2.53. The van der Waals surface area contributed by atoms with Gasteiger partial charge in [0.15, 0.2) is 0 Å². The predicted molar refractivity (Wildman–Crippen MR) is 76.3 cm³/mol. The van der Waals surface area contributed by atoms with Crippen LogP contribution in [0.25, 0.3) is 0 Å². The molecule has 1 rings (SSSR count). The molecule has 19 heavy (non-hydrogen) atoms. The number of rotatable bonds is 4. The highest BCUT2D eigenvalue weighted by molar-refractivity contribution is 5.65. The van der Waals surface area contributed by atoms with Gasteiger partial charge in [-0.25, -0.2) is 4.79 Å². The van der Waals surface area contributed by atoms with E-state index in [1.54, 1.807) is 7.11 Å². The Bertz CT molecular complexity index is 493. The van der Waals surface area contributed by atoms with E-state index in [4.69, 9.17) is 9.84 Å². The largest absolute Gasteiger partial charge is 0.496 e. The molecule has 0 aliphatic carbocycles. The summed E-state index contributed by atoms with van der Waals surface area (Å²) in [5, 5.41) is 11.2. The van der Waals surface area contributed by atoms with Gasteiger partial charge in [0.05, 0.1) is 7.11 Å². The zero-order chi connectivity index (χ0) is 14.8. The molecule has 0 radical (unpaired) electrons. The van der Waals surface area contributed by atoms with Crippen LogP contribution in [-0.4, -0.2) is 24.9 Å². The second kappa shape index (κ2) is 5.51. The molecule has 0 fully saturated rings. The summed E-state index contributed by atoms with van der Waals surface area (Å²) in [5.74, 6) is 0.856. The molecule has 1 aromatic rings. The maximum Gasteiger partial charge on any atom is 0.404 e. The van der Waals surface area contributed by atoms with E-state index in [0.29, 0.717) is 6.54 Å². The summed E-state index contributed by atoms with van der Waals surface area (Å²) in [4.78, 5) is 10.7. The van der Waals surface area contributed by atoms with E-state index in [-0.39, 0.29) is 5.41 Å². The minimum atomic E-state index is -1.01. The Morgan fingerprint density at radius 2 is 1.89 bits per heavy atom. The number of amides is 1. The Balaban J connectivity index is 3.32. The van der Waals surface area contributed by atoms with Gasteiger partial charge < -0.3 is 15.2 Å². The van der Waals surface area contributed by atoms with Crippen molar-refractivity contribution in [1.29, 1.82) is 0 Å². The summed E-state index contributed by atoms with van der Waals surface area (Å²) in [6.45, 7) is 10.5. The van der Waals surface area contributed by atoms with E-state index < -0.39 is 6.09 Å². The number of hydrogen-bond acceptors (Lipinski definition) is 2. The molecule has 0 atom stereocenters. The molecule has 4 nitrogen and oxygen atoms in total. The first-order valence-corrected chi connectivity index (χ1v) is 6.32. The SMILES string of the molecule is COc1c(C)c(C)cc(C)c1C(C)(C)CNC(=O)O. The summed E-state index contributed by atoms with van der Waals surface area (Å²) in [7, 11) is 1.66. The van der Waals surface area contributed by atoms with Crippen molar-refractivity contribution >= 4 is 6.09 Å². The molecule has 0 spiro atoms. The van der Waals surface area contributed by atoms with Gasteiger partial charge in [-0.05, 0) is 37.5 Å². The predicted octanol–water partition coefficient (Wildman–Crippen LogP) is 3.17. The van der Waals surface area contributed by atoms with Gasteiger partial charge in [-0.3, -0.25) is 0 Å². The third-order valence-corrected chi connectivity index (χ3v) is 3.55. The number of aryl methyl sites for hydroxylation is 2. The second-order valence-electron chi connectivity index (χ2n) is 5.59. The van der Waals surface area contributed by atoms with Crippen LogP contribution in [0.15, 0.2) is 6.07 Å². The van der Waals surface area contributed by atoms with Crippen LogP contribution in [0.3, 0.4) is 0 Å². The van der Waals surface area contributed by atoms with Crippen LogP contribution in [0.1, 0.15) is 36.1 Å². The zero-order valence-corrected chi connectivity index (χ0v) is 12.5. The van der Waals surface area contributed by atoms with Crippen molar-refractivity contribution < 1.29 is 14.6 Å². The Morgan fingerprint density at radius 1 is 1.32 bits per heavy atom. The molecule has 1 amide bonds. The lowest BCUT2D eigenvalue weighted by Crippen LogP contribution is -2.36. The van der Waals surface area contributed by atoms with Crippen molar-refractivity contribution in [2.75, 3.05) is 13.7 Å². The normalized spacial score (nSPS) is 11.3. The molecule has 0 aliphatic heterocycles. The highest BCUT2D eigenvalue weighted by Gasteiger charge is 2.28. The van der Waals surface area contributed by atoms with Gasteiger partial charge in [-0.1, -0.05) is 19.9 Å². The lowest BCUT2D eigenvalue weighted by molar-refractivity contribution is 0.191. The van der Waals surface area contributed by atoms with Crippen LogP contribution in [0.4, 0.5) is 4.79 Å². The van der Waals surface area contributed by atoms with Crippen LogP contribution < -0.4 is 10.1 Å². The zero-order valence-electron chi connectivity index (χ0n) is 12.5. The quantitative estimate of drug-likeness (QED) is 0.879. The first-order chi connectivity index (χ1) is 8.70. The third-order valence-electron chi connectivity index (χ3n) is 3.55. The maximum absolute atomic E-state index is 10.7. The number of ether oxygens (including phenoxy) is 1. The molecule has 0 bridgehead atoms. The van der Waals surface area contributed by atoms with Crippen molar-refractivity contribution in [2.24, 2.45) is 0 Å². The van der Waals surface area contributed by atoms with Crippen molar-refractivity contribution in [3.63, 3.8) is 0 Å². The molecular formula is C15H23NO3. The molecule has 0 aromatic heterocycles. The van der Waals surface area contributed by atoms with E-state index in [0.717, 1.165) is 22.4 Å². The first kappa shape index (κ1) is 15.3. The number of methoxy groups -OCH3 is 1. The number of hydrogen-bond donors (Lipinski definition) is 2. The minimum absolute atomic E-state index is 0.327. The van der Waals surface area contributed by atoms with Crippen LogP contribution in [0.5, 0.6) is 5.75 Å². The average molecular weight is 265 g/mol. The van der Waals surface area contributed by atoms with Crippen LogP contribution in [0, 0.1) is 20.8 Å². The van der Waals surface area contributed by atoms with Crippen LogP contribution >= 0.6 is 0 Å². The molecule has 0 saturated heterocycles. The van der Waals surface area contributed by atoms with Crippen molar-refractivity contribution in [1.82, 2.24) is 5.32 Å². The van der Waals surface area contributed by atoms with Gasteiger partial charge >= 0.3 is 6.09 Å². The summed E-state index contributed by atoms with van der Waals surface area (Å²) in [5.41, 5.74) is 4.14. The van der Waals surface area contributed by atoms with E-state index in [2.05, 4.69) is 18.3 Å². The second-order valence-corrected chi connectivity index (χ2v) is 5.59. The van der Waals surface area contributed by atoms with Gasteiger partial charge in [0.1, 0.15) is 5.75 Å². The molecule has 0 aliphatic rings. The monoisotopic (exact) mass is 265 g/mol. The third kappa shape index (κ3) is 3.19. The van der Waals surface area contributed by atoms with E-state index in [1.807, 2.05) is 27.7 Å². The van der Waals surface area contributed by atoms with E-state index >= 15 is 0 Å². The van der Waals surface area contributed by atoms with Crippen molar-refractivity contribution in [2.45, 2.75) is 40.0 Å². The number of benzene rings is 1. The topological polar surface area (TPSA) is 58.6 Å². The van der Waals surface area contributed by atoms with Crippen molar-refractivity contribution in [3.05, 3.63) is 28.3 Å². The number of nitrogens with one attached hydrogen (secondary N) is 1. The van der Waals surface area contributed by atoms with Gasteiger partial charge in [0.2, 0.25) is 0 Å². The fourth-order valence-electron chi connectivity index (χ4n) is 2.53. The number of carbonyl (C=O) groups is 1. The lowest BCUT2D eigenvalue weighted by Gasteiger charge is -2.30. The molecule has 0 unspecified atom stereocenters. The Hall–Kier alpha value is -1.71. The average Bonchev–Trinajstić information content (AvgIpc) is 2.30. The van der Waals surface area contributed by atoms with Gasteiger partial charge in [0.25, 0.3) is 0 Å². The summed E-state index contributed by atoms with van der Waals surface area (Å²) in [6, 6.07) is 2.12. The Morgan fingerprint density at radius 3 is 2.37 bits per heavy atom. The summed E-state index contributed by atoms with van der Waals surface area (Å²) in [6.07, 6.45) is -1.01. The maximum atomic E-state index is 10.7. The molecule has 2 N–H and O–H groups in total. The first-order valence-electron chi connectivity index (χ1n) is 6.32. The van der Waals surface area contributed by atoms with E-state index in [9.17, 15) is 4.79 Å². The molecule has 106 valence electrons. The van der Waals surface area contributed by atoms with Crippen LogP contribution in [-0.2, 0) is 5.41 Å². The highest BCUT2D eigenvalue weighted by Crippen LogP contribution is 2.37. The Kier molecular flexibility index (Phi) is 4.45. The lowest BCUT2D eigenvalue weighted by atomic mass is 9.79. The van der Waals surface area contributed by atoms with Crippen LogP contribution in [0.2, 0.25) is 0 Å². The summed E-state index contributed by atoms with van der Waals surface area (Å²) >= 11 is 0. The molecule has 1 aromatic carbocycles. The fraction of sp³-hybridized carbons (Fsp3) is 0.533. The minimum Gasteiger partial charge on any atom is -0.496 e. The Labute approximate surface area is 114 Å². The van der Waals surface area contributed by atoms with Crippen molar-refractivity contribution in [3.8, 4) is 5.75 Å². The highest BCUT2D eigenvalue weighted by atomic mass is 16.5. The van der Waals surface area contributed by atoms with Gasteiger partial charge in [-0.15, -0.1) is 0 Å². The molecule has 0 saturated carbocycles. The number of carboxylic acid groups (broad SMARTS) is 1. The smallest absolute Gasteiger partial charge is 0.404 e.